The van der Waals surface area contributed by atoms with E-state index in [4.69, 9.17) is 4.42 Å². The highest BCUT2D eigenvalue weighted by molar-refractivity contribution is 5.79. The van der Waals surface area contributed by atoms with Crippen molar-refractivity contribution in [1.82, 2.24) is 0 Å². The molecule has 1 aromatic heterocycles. The van der Waals surface area contributed by atoms with Crippen molar-refractivity contribution in [3.63, 3.8) is 0 Å². The van der Waals surface area contributed by atoms with Crippen molar-refractivity contribution < 1.29 is 4.42 Å². The number of hydrogen-bond donors (Lipinski definition) is 0. The van der Waals surface area contributed by atoms with Gasteiger partial charge in [0.05, 0.1) is 0 Å². The number of allylic oxidation sites excluding steroid dienone is 1. The van der Waals surface area contributed by atoms with E-state index in [-0.39, 0.29) is 0 Å². The first kappa shape index (κ1) is 19.8. The number of likely N-dealkylation sites (N-methyl/N-ethyl adjacent to an activating group) is 1. The second-order valence-corrected chi connectivity index (χ2v) is 7.47. The van der Waals surface area contributed by atoms with Gasteiger partial charge in [-0.15, -0.1) is 0 Å². The molecule has 150 valence electrons. The third-order valence-electron chi connectivity index (χ3n) is 5.31. The molecular weight excluding hydrogens is 366 g/mol. The topological polar surface area (TPSA) is 16.4 Å². The van der Waals surface area contributed by atoms with Gasteiger partial charge < -0.3 is 9.32 Å². The smallest absolute Gasteiger partial charge is 0.135 e. The van der Waals surface area contributed by atoms with Gasteiger partial charge in [-0.05, 0) is 48.7 Å². The second-order valence-electron chi connectivity index (χ2n) is 7.47. The minimum atomic E-state index is 0.840. The van der Waals surface area contributed by atoms with Gasteiger partial charge in [0, 0.05) is 29.9 Å². The van der Waals surface area contributed by atoms with Gasteiger partial charge in [-0.25, -0.2) is 0 Å². The Balaban J connectivity index is 1.48. The summed E-state index contributed by atoms with van der Waals surface area (Å²) in [7, 11) is 2.13. The zero-order valence-electron chi connectivity index (χ0n) is 17.6. The van der Waals surface area contributed by atoms with Crippen molar-refractivity contribution in [2.45, 2.75) is 13.3 Å². The summed E-state index contributed by atoms with van der Waals surface area (Å²) < 4.78 is 5.93. The van der Waals surface area contributed by atoms with Crippen LogP contribution in [0.3, 0.4) is 0 Å². The summed E-state index contributed by atoms with van der Waals surface area (Å²) in [5, 5.41) is 2.29. The van der Waals surface area contributed by atoms with E-state index in [1.165, 1.54) is 16.8 Å². The van der Waals surface area contributed by atoms with E-state index in [1.54, 1.807) is 0 Å². The third-order valence-corrected chi connectivity index (χ3v) is 5.31. The molecule has 0 aliphatic carbocycles. The summed E-state index contributed by atoms with van der Waals surface area (Å²) >= 11 is 0. The van der Waals surface area contributed by atoms with Crippen LogP contribution in [-0.2, 0) is 6.42 Å². The SMILES string of the molecule is C/C=c1/oc2ccccc2/c1=C/C=C\CN(C)c1cccc(Cc2ccccc2)c1. The molecule has 0 saturated carbocycles. The zero-order chi connectivity index (χ0) is 20.8. The molecule has 1 heterocycles. The molecule has 4 rings (SSSR count). The molecule has 0 N–H and O–H groups in total. The van der Waals surface area contributed by atoms with E-state index in [0.717, 1.165) is 34.6 Å². The van der Waals surface area contributed by atoms with Crippen molar-refractivity contribution in [2.24, 2.45) is 0 Å². The minimum Gasteiger partial charge on any atom is -0.456 e. The number of rotatable bonds is 6. The fourth-order valence-corrected chi connectivity index (χ4v) is 3.69. The molecular formula is C28H27NO. The summed E-state index contributed by atoms with van der Waals surface area (Å²) in [6.07, 6.45) is 9.42. The quantitative estimate of drug-likeness (QED) is 0.442. The Hall–Kier alpha value is -3.52. The Morgan fingerprint density at radius 2 is 1.63 bits per heavy atom. The molecule has 0 aliphatic heterocycles. The van der Waals surface area contributed by atoms with E-state index >= 15 is 0 Å². The number of anilines is 1. The van der Waals surface area contributed by atoms with Gasteiger partial charge in [0.15, 0.2) is 0 Å². The average molecular weight is 394 g/mol. The van der Waals surface area contributed by atoms with Gasteiger partial charge in [0.1, 0.15) is 11.0 Å². The number of fused-ring (bicyclic) bond motifs is 1. The van der Waals surface area contributed by atoms with Gasteiger partial charge in [-0.1, -0.05) is 78.9 Å². The number of nitrogens with zero attached hydrogens (tertiary/aromatic N) is 1. The zero-order valence-corrected chi connectivity index (χ0v) is 17.6. The van der Waals surface area contributed by atoms with Crippen molar-refractivity contribution in [1.29, 1.82) is 0 Å². The maximum atomic E-state index is 5.93. The highest BCUT2D eigenvalue weighted by Crippen LogP contribution is 2.17. The molecule has 30 heavy (non-hydrogen) atoms. The standard InChI is InChI=1S/C28H27NO/c1-3-27-25(26-16-7-8-18-28(26)30-27)17-9-10-19-29(2)24-15-11-14-23(21-24)20-22-12-5-4-6-13-22/h3-18,21H,19-20H2,1-2H3/b10-9-,25-17-,27-3+. The molecule has 2 heteroatoms. The molecule has 0 unspecified atom stereocenters. The van der Waals surface area contributed by atoms with E-state index in [2.05, 4.69) is 96.9 Å². The summed E-state index contributed by atoms with van der Waals surface area (Å²) in [5.41, 5.74) is 5.74. The lowest BCUT2D eigenvalue weighted by atomic mass is 10.0. The van der Waals surface area contributed by atoms with Gasteiger partial charge in [-0.2, -0.15) is 0 Å². The third kappa shape index (κ3) is 4.55. The Morgan fingerprint density at radius 1 is 0.867 bits per heavy atom. The Bertz CT molecular complexity index is 1260. The lowest BCUT2D eigenvalue weighted by molar-refractivity contribution is 0.575. The van der Waals surface area contributed by atoms with Crippen LogP contribution in [-0.4, -0.2) is 13.6 Å². The lowest BCUT2D eigenvalue weighted by Crippen LogP contribution is -2.19. The van der Waals surface area contributed by atoms with Crippen LogP contribution in [0.5, 0.6) is 0 Å². The van der Waals surface area contributed by atoms with E-state index < -0.39 is 0 Å². The molecule has 0 radical (unpaired) electrons. The average Bonchev–Trinajstić information content (AvgIpc) is 3.15. The van der Waals surface area contributed by atoms with Crippen LogP contribution in [0.25, 0.3) is 23.1 Å². The number of furan rings is 1. The Morgan fingerprint density at radius 3 is 2.47 bits per heavy atom. The van der Waals surface area contributed by atoms with Crippen molar-refractivity contribution in [3.8, 4) is 0 Å². The van der Waals surface area contributed by atoms with E-state index in [1.807, 2.05) is 25.1 Å². The van der Waals surface area contributed by atoms with Crippen LogP contribution in [0.15, 0.2) is 95.4 Å². The normalized spacial score (nSPS) is 12.9. The lowest BCUT2D eigenvalue weighted by Gasteiger charge is -2.18. The summed E-state index contributed by atoms with van der Waals surface area (Å²) in [6.45, 7) is 2.85. The van der Waals surface area contributed by atoms with Crippen LogP contribution < -0.4 is 15.5 Å². The molecule has 0 saturated heterocycles. The molecule has 0 atom stereocenters. The van der Waals surface area contributed by atoms with Crippen molar-refractivity contribution in [2.75, 3.05) is 18.5 Å². The molecule has 0 fully saturated rings. The van der Waals surface area contributed by atoms with Crippen LogP contribution in [0.4, 0.5) is 5.69 Å². The number of para-hydroxylation sites is 1. The molecule has 3 aromatic carbocycles. The summed E-state index contributed by atoms with van der Waals surface area (Å²) in [6, 6.07) is 27.6. The number of hydrogen-bond acceptors (Lipinski definition) is 2. The largest absolute Gasteiger partial charge is 0.456 e. The van der Waals surface area contributed by atoms with Crippen LogP contribution >= 0.6 is 0 Å². The molecule has 4 aromatic rings. The molecule has 0 bridgehead atoms. The maximum absolute atomic E-state index is 5.93. The van der Waals surface area contributed by atoms with Crippen molar-refractivity contribution >= 4 is 28.8 Å². The maximum Gasteiger partial charge on any atom is 0.135 e. The van der Waals surface area contributed by atoms with Crippen LogP contribution in [0.2, 0.25) is 0 Å². The minimum absolute atomic E-state index is 0.840. The predicted octanol–water partition coefficient (Wildman–Crippen LogP) is 5.30. The Labute approximate surface area is 178 Å². The highest BCUT2D eigenvalue weighted by Gasteiger charge is 2.02. The summed E-state index contributed by atoms with van der Waals surface area (Å²) in [5.74, 6) is 0. The Kier molecular flexibility index (Phi) is 6.14. The molecule has 0 amide bonds. The molecule has 0 aliphatic rings. The predicted molar refractivity (Wildman–Crippen MR) is 128 cm³/mol. The fraction of sp³-hybridized carbons (Fsp3) is 0.143. The second kappa shape index (κ2) is 9.32. The van der Waals surface area contributed by atoms with Crippen LogP contribution in [0, 0.1) is 0 Å². The van der Waals surface area contributed by atoms with Gasteiger partial charge in [0.2, 0.25) is 0 Å². The number of benzene rings is 3. The van der Waals surface area contributed by atoms with E-state index in [0.29, 0.717) is 0 Å². The first-order chi connectivity index (χ1) is 14.7. The van der Waals surface area contributed by atoms with Gasteiger partial charge in [-0.3, -0.25) is 0 Å². The first-order valence-electron chi connectivity index (χ1n) is 10.4. The fourth-order valence-electron chi connectivity index (χ4n) is 3.69. The molecule has 2 nitrogen and oxygen atoms in total. The van der Waals surface area contributed by atoms with E-state index in [9.17, 15) is 0 Å². The van der Waals surface area contributed by atoms with Crippen molar-refractivity contribution in [3.05, 3.63) is 113 Å². The summed E-state index contributed by atoms with van der Waals surface area (Å²) in [4.78, 5) is 2.26. The highest BCUT2D eigenvalue weighted by atomic mass is 16.3. The van der Waals surface area contributed by atoms with Crippen LogP contribution in [0.1, 0.15) is 18.1 Å². The van der Waals surface area contributed by atoms with Gasteiger partial charge >= 0.3 is 0 Å². The first-order valence-corrected chi connectivity index (χ1v) is 10.4. The molecule has 0 spiro atoms. The monoisotopic (exact) mass is 393 g/mol. The van der Waals surface area contributed by atoms with Gasteiger partial charge in [0.25, 0.3) is 0 Å².